The number of nitrogens with zero attached hydrogens (tertiary/aromatic N) is 3. The van der Waals surface area contributed by atoms with Gasteiger partial charge in [0.2, 0.25) is 5.91 Å². The molecule has 4 rings (SSSR count). The molecule has 184 valence electrons. The van der Waals surface area contributed by atoms with Crippen molar-refractivity contribution in [2.24, 2.45) is 0 Å². The number of hydrogen-bond acceptors (Lipinski definition) is 8. The third-order valence-electron chi connectivity index (χ3n) is 5.16. The lowest BCUT2D eigenvalue weighted by Gasteiger charge is -2.13. The molecule has 1 amide bonds. The summed E-state index contributed by atoms with van der Waals surface area (Å²) in [6.07, 6.45) is 0. The van der Waals surface area contributed by atoms with Crippen molar-refractivity contribution in [2.45, 2.75) is 12.1 Å². The number of rotatable bonds is 9. The highest BCUT2D eigenvalue weighted by molar-refractivity contribution is 7.99. The van der Waals surface area contributed by atoms with Crippen LogP contribution in [-0.2, 0) is 9.53 Å². The van der Waals surface area contributed by atoms with Crippen molar-refractivity contribution in [1.82, 2.24) is 9.55 Å². The van der Waals surface area contributed by atoms with E-state index in [1.807, 2.05) is 22.8 Å². The second-order valence-corrected chi connectivity index (χ2v) is 8.41. The lowest BCUT2D eigenvalue weighted by Crippen LogP contribution is -2.15. The zero-order valence-electron chi connectivity index (χ0n) is 19.5. The number of fused-ring (bicyclic) bond motifs is 1. The highest BCUT2D eigenvalue weighted by atomic mass is 32.2. The van der Waals surface area contributed by atoms with Gasteiger partial charge >= 0.3 is 5.97 Å². The average Bonchev–Trinajstić information content (AvgIpc) is 3.25. The Morgan fingerprint density at radius 2 is 1.86 bits per heavy atom. The maximum atomic E-state index is 12.7. The molecule has 1 heterocycles. The second kappa shape index (κ2) is 10.9. The summed E-state index contributed by atoms with van der Waals surface area (Å²) < 4.78 is 12.3. The number of amides is 1. The van der Waals surface area contributed by atoms with E-state index < -0.39 is 10.9 Å². The number of ether oxygens (including phenoxy) is 2. The van der Waals surface area contributed by atoms with E-state index in [1.54, 1.807) is 50.4 Å². The van der Waals surface area contributed by atoms with Gasteiger partial charge < -0.3 is 14.8 Å². The molecule has 0 spiro atoms. The summed E-state index contributed by atoms with van der Waals surface area (Å²) in [4.78, 5) is 39.8. The lowest BCUT2D eigenvalue weighted by atomic mass is 10.2. The zero-order valence-corrected chi connectivity index (χ0v) is 20.3. The Labute approximate surface area is 210 Å². The van der Waals surface area contributed by atoms with Crippen LogP contribution in [0, 0.1) is 10.1 Å². The van der Waals surface area contributed by atoms with Crippen molar-refractivity contribution < 1.29 is 24.0 Å². The van der Waals surface area contributed by atoms with Crippen LogP contribution in [0.2, 0.25) is 0 Å². The first-order valence-electron chi connectivity index (χ1n) is 10.9. The topological polar surface area (TPSA) is 126 Å². The van der Waals surface area contributed by atoms with Crippen molar-refractivity contribution in [2.75, 3.05) is 24.8 Å². The maximum absolute atomic E-state index is 12.7. The fraction of sp³-hybridized carbons (Fsp3) is 0.160. The van der Waals surface area contributed by atoms with E-state index in [-0.39, 0.29) is 24.0 Å². The average molecular weight is 507 g/mol. The van der Waals surface area contributed by atoms with Gasteiger partial charge in [0.1, 0.15) is 5.75 Å². The minimum absolute atomic E-state index is 0.0280. The number of nitrogens with one attached hydrogen (secondary N) is 1. The van der Waals surface area contributed by atoms with Crippen molar-refractivity contribution in [3.8, 4) is 11.4 Å². The molecule has 36 heavy (non-hydrogen) atoms. The molecule has 3 aromatic carbocycles. The molecule has 1 aromatic heterocycles. The van der Waals surface area contributed by atoms with E-state index in [4.69, 9.17) is 9.47 Å². The molecule has 0 saturated heterocycles. The normalized spacial score (nSPS) is 10.7. The summed E-state index contributed by atoms with van der Waals surface area (Å²) in [5.41, 5.74) is 2.60. The number of carbonyl (C=O) groups excluding carboxylic acids is 2. The predicted octanol–water partition coefficient (Wildman–Crippen LogP) is 4.85. The summed E-state index contributed by atoms with van der Waals surface area (Å²) in [6.45, 7) is 2.01. The van der Waals surface area contributed by atoms with Gasteiger partial charge in [0.25, 0.3) is 5.69 Å². The number of thioether (sulfide) groups is 1. The highest BCUT2D eigenvalue weighted by Crippen LogP contribution is 2.33. The van der Waals surface area contributed by atoms with Gasteiger partial charge in [-0.3, -0.25) is 19.5 Å². The molecular formula is C25H22N4O6S. The SMILES string of the molecule is CCOC(=O)c1ccc(NC(=O)CSc2nc3cc([N+](=O)[O-])ccc3n2-c2ccccc2OC)cc1. The van der Waals surface area contributed by atoms with E-state index in [0.717, 1.165) is 0 Å². The van der Waals surface area contributed by atoms with Crippen LogP contribution in [0.4, 0.5) is 11.4 Å². The summed E-state index contributed by atoms with van der Waals surface area (Å²) in [5, 5.41) is 14.5. The Bertz CT molecular complexity index is 1430. The van der Waals surface area contributed by atoms with Crippen molar-refractivity contribution in [3.05, 3.63) is 82.4 Å². The van der Waals surface area contributed by atoms with E-state index in [9.17, 15) is 19.7 Å². The number of esters is 1. The number of methoxy groups -OCH3 is 1. The van der Waals surface area contributed by atoms with Crippen LogP contribution in [0.3, 0.4) is 0 Å². The van der Waals surface area contributed by atoms with Crippen LogP contribution in [0.1, 0.15) is 17.3 Å². The first-order valence-corrected chi connectivity index (χ1v) is 11.9. The van der Waals surface area contributed by atoms with Gasteiger partial charge in [0.05, 0.1) is 46.7 Å². The molecule has 0 radical (unpaired) electrons. The van der Waals surface area contributed by atoms with Crippen LogP contribution in [0.15, 0.2) is 71.9 Å². The fourth-order valence-corrected chi connectivity index (χ4v) is 4.36. The molecule has 1 N–H and O–H groups in total. The number of hydrogen-bond donors (Lipinski definition) is 1. The number of imidazole rings is 1. The van der Waals surface area contributed by atoms with Crippen molar-refractivity contribution in [3.63, 3.8) is 0 Å². The summed E-state index contributed by atoms with van der Waals surface area (Å²) >= 11 is 1.18. The predicted molar refractivity (Wildman–Crippen MR) is 136 cm³/mol. The number of para-hydroxylation sites is 2. The molecule has 0 aliphatic carbocycles. The molecule has 10 nitrogen and oxygen atoms in total. The number of aromatic nitrogens is 2. The number of benzene rings is 3. The van der Waals surface area contributed by atoms with E-state index in [1.165, 1.54) is 23.9 Å². The Kier molecular flexibility index (Phi) is 7.50. The van der Waals surface area contributed by atoms with Gasteiger partial charge in [-0.15, -0.1) is 0 Å². The van der Waals surface area contributed by atoms with Gasteiger partial charge in [-0.2, -0.15) is 0 Å². The van der Waals surface area contributed by atoms with E-state index >= 15 is 0 Å². The molecule has 0 aliphatic rings. The monoisotopic (exact) mass is 506 g/mol. The second-order valence-electron chi connectivity index (χ2n) is 7.47. The number of nitro benzene ring substituents is 1. The fourth-order valence-electron chi connectivity index (χ4n) is 3.54. The standard InChI is InChI=1S/C25H22N4O6S/c1-3-35-24(31)16-8-10-17(11-9-16)26-23(30)15-36-25-27-19-14-18(29(32)33)12-13-20(19)28(25)21-6-4-5-7-22(21)34-2/h4-14H,3,15H2,1-2H3,(H,26,30). The first kappa shape index (κ1) is 24.7. The Balaban J connectivity index is 1.58. The molecule has 0 unspecified atom stereocenters. The first-order chi connectivity index (χ1) is 17.4. The van der Waals surface area contributed by atoms with Gasteiger partial charge in [-0.25, -0.2) is 9.78 Å². The summed E-state index contributed by atoms with van der Waals surface area (Å²) in [7, 11) is 1.55. The third kappa shape index (κ3) is 5.31. The Morgan fingerprint density at radius 3 is 2.56 bits per heavy atom. The lowest BCUT2D eigenvalue weighted by molar-refractivity contribution is -0.384. The molecule has 11 heteroatoms. The third-order valence-corrected chi connectivity index (χ3v) is 6.09. The van der Waals surface area contributed by atoms with Crippen LogP contribution >= 0.6 is 11.8 Å². The van der Waals surface area contributed by atoms with E-state index in [0.29, 0.717) is 38.9 Å². The maximum Gasteiger partial charge on any atom is 0.338 e. The molecule has 0 aliphatic heterocycles. The molecule has 0 fully saturated rings. The van der Waals surface area contributed by atoms with Crippen LogP contribution in [0.25, 0.3) is 16.7 Å². The van der Waals surface area contributed by atoms with Gasteiger partial charge in [-0.05, 0) is 49.4 Å². The number of nitro groups is 1. The largest absolute Gasteiger partial charge is 0.495 e. The molecule has 0 saturated carbocycles. The number of non-ortho nitro benzene ring substituents is 1. The molecular weight excluding hydrogens is 484 g/mol. The number of anilines is 1. The highest BCUT2D eigenvalue weighted by Gasteiger charge is 2.19. The molecule has 4 aromatic rings. The Hall–Kier alpha value is -4.38. The van der Waals surface area contributed by atoms with Crippen molar-refractivity contribution in [1.29, 1.82) is 0 Å². The minimum atomic E-state index is -0.477. The van der Waals surface area contributed by atoms with Crippen LogP contribution in [0.5, 0.6) is 5.75 Å². The Morgan fingerprint density at radius 1 is 1.11 bits per heavy atom. The smallest absolute Gasteiger partial charge is 0.338 e. The van der Waals surface area contributed by atoms with Gasteiger partial charge in [0, 0.05) is 17.8 Å². The van der Waals surface area contributed by atoms with Gasteiger partial charge in [-0.1, -0.05) is 23.9 Å². The number of carbonyl (C=O) groups is 2. The zero-order chi connectivity index (χ0) is 25.7. The molecule has 0 bridgehead atoms. The summed E-state index contributed by atoms with van der Waals surface area (Å²) in [6, 6.07) is 18.2. The van der Waals surface area contributed by atoms with Crippen molar-refractivity contribution >= 4 is 46.0 Å². The minimum Gasteiger partial charge on any atom is -0.495 e. The van der Waals surface area contributed by atoms with Crippen LogP contribution in [-0.4, -0.2) is 45.8 Å². The summed E-state index contributed by atoms with van der Waals surface area (Å²) in [5.74, 6) is -0.0988. The quantitative estimate of drug-likeness (QED) is 0.148. The van der Waals surface area contributed by atoms with E-state index in [2.05, 4.69) is 10.3 Å². The van der Waals surface area contributed by atoms with Crippen LogP contribution < -0.4 is 10.1 Å². The molecule has 0 atom stereocenters. The van der Waals surface area contributed by atoms with Gasteiger partial charge in [0.15, 0.2) is 5.16 Å².